The molecule has 0 saturated carbocycles. The zero-order valence-electron chi connectivity index (χ0n) is 28.5. The van der Waals surface area contributed by atoms with Crippen LogP contribution in [0.5, 0.6) is 0 Å². The fraction of sp³-hybridized carbons (Fsp3) is 0. The summed E-state index contributed by atoms with van der Waals surface area (Å²) < 4.78 is 36.4. The number of hydrogen-bond donors (Lipinski definition) is 20. The summed E-state index contributed by atoms with van der Waals surface area (Å²) in [6.07, 6.45) is 0. The molecule has 0 spiro atoms. The molecule has 0 saturated heterocycles. The number of rotatable bonds is 4. The number of nitrogens with two attached hydrogens (primary N) is 15. The van der Waals surface area contributed by atoms with Crippen molar-refractivity contribution in [2.45, 2.75) is 0 Å². The van der Waals surface area contributed by atoms with Crippen molar-refractivity contribution in [1.82, 2.24) is 74.8 Å². The average molecular weight is 889 g/mol. The minimum atomic E-state index is -5.46. The van der Waals surface area contributed by atoms with Crippen LogP contribution in [0.2, 0.25) is 0 Å². The maximum atomic E-state index is 10.4. The molecule has 0 bridgehead atoms. The number of nitrogen functional groups attached to an aromatic ring is 15. The Bertz CT molecular complexity index is 1680. The van der Waals surface area contributed by atoms with E-state index in [0.29, 0.717) is 0 Å². The van der Waals surface area contributed by atoms with E-state index in [4.69, 9.17) is 110 Å². The second kappa shape index (κ2) is 22.1. The Morgan fingerprint density at radius 1 is 0.259 bits per heavy atom. The largest absolute Gasteiger partial charge is 0.490 e. The molecule has 5 aromatic rings. The Morgan fingerprint density at radius 2 is 0.345 bits per heavy atom. The van der Waals surface area contributed by atoms with Gasteiger partial charge in [0.05, 0.1) is 0 Å². The Labute approximate surface area is 320 Å². The van der Waals surface area contributed by atoms with Gasteiger partial charge in [0.25, 0.3) is 0 Å². The van der Waals surface area contributed by atoms with Gasteiger partial charge in [0.2, 0.25) is 89.2 Å². The van der Waals surface area contributed by atoms with E-state index in [1.165, 1.54) is 0 Å². The van der Waals surface area contributed by atoms with Gasteiger partial charge in [-0.25, -0.2) is 13.7 Å². The predicted molar refractivity (Wildman–Crippen MR) is 201 cm³/mol. The summed E-state index contributed by atoms with van der Waals surface area (Å²) in [6.45, 7) is 0. The Kier molecular flexibility index (Phi) is 19.2. The normalized spacial score (nSPS) is 10.5. The van der Waals surface area contributed by atoms with Crippen molar-refractivity contribution in [3.8, 4) is 0 Å². The maximum absolute atomic E-state index is 10.4. The molecule has 58 heavy (non-hydrogen) atoms. The van der Waals surface area contributed by atoms with Crippen molar-refractivity contribution in [3.63, 3.8) is 0 Å². The van der Waals surface area contributed by atoms with E-state index in [2.05, 4.69) is 83.4 Å². The molecule has 0 aliphatic carbocycles. The summed E-state index contributed by atoms with van der Waals surface area (Å²) in [5.41, 5.74) is 77.1. The van der Waals surface area contributed by atoms with E-state index in [1.54, 1.807) is 0 Å². The quantitative estimate of drug-likeness (QED) is 0.0745. The lowest BCUT2D eigenvalue weighted by atomic mass is 10.9. The van der Waals surface area contributed by atoms with E-state index in [-0.39, 0.29) is 89.2 Å². The van der Waals surface area contributed by atoms with Crippen molar-refractivity contribution < 1.29 is 46.8 Å². The highest BCUT2D eigenvalue weighted by Crippen LogP contribution is 2.64. The van der Waals surface area contributed by atoms with E-state index >= 15 is 0 Å². The van der Waals surface area contributed by atoms with Crippen LogP contribution < -0.4 is 86.0 Å². The number of phosphoric acid groups is 3. The summed E-state index contributed by atoms with van der Waals surface area (Å²) in [7, 11) is -16.2. The summed E-state index contributed by atoms with van der Waals surface area (Å²) in [6, 6.07) is 0. The summed E-state index contributed by atoms with van der Waals surface area (Å²) in [5.74, 6) is 0.625. The van der Waals surface area contributed by atoms with Gasteiger partial charge in [-0.15, -0.1) is 0 Å². The van der Waals surface area contributed by atoms with Gasteiger partial charge in [0.15, 0.2) is 0 Å². The van der Waals surface area contributed by atoms with Gasteiger partial charge in [-0.1, -0.05) is 0 Å². The van der Waals surface area contributed by atoms with Crippen LogP contribution in [0.3, 0.4) is 0 Å². The molecule has 5 heterocycles. The SMILES string of the molecule is Nc1nc(N)nc(N)n1.Nc1nc(N)nc(N)n1.Nc1nc(N)nc(N)n1.Nc1nc(N)nc(N)n1.Nc1nc(N)nc(N)n1.O=P(O)(O)OP(=O)(O)OP(=O)(O)O. The van der Waals surface area contributed by atoms with Crippen LogP contribution in [0.15, 0.2) is 0 Å². The number of aromatic nitrogens is 15. The second-order valence-corrected chi connectivity index (χ2v) is 12.9. The third-order valence-electron chi connectivity index (χ3n) is 3.86. The van der Waals surface area contributed by atoms with Gasteiger partial charge in [-0.2, -0.15) is 83.4 Å². The lowest BCUT2D eigenvalue weighted by Gasteiger charge is -2.11. The molecule has 0 fully saturated rings. The molecule has 320 valence electrons. The van der Waals surface area contributed by atoms with Gasteiger partial charge < -0.3 is 110 Å². The highest BCUT2D eigenvalue weighted by Gasteiger charge is 2.38. The van der Waals surface area contributed by atoms with Crippen molar-refractivity contribution in [1.29, 1.82) is 0 Å². The molecular weight excluding hydrogens is 853 g/mol. The molecule has 0 aliphatic heterocycles. The molecule has 0 aromatic carbocycles. The summed E-state index contributed by atoms with van der Waals surface area (Å²) >= 11 is 0. The summed E-state index contributed by atoms with van der Waals surface area (Å²) in [4.78, 5) is 92.5. The fourth-order valence-electron chi connectivity index (χ4n) is 2.42. The third-order valence-corrected chi connectivity index (χ3v) is 7.21. The summed E-state index contributed by atoms with van der Waals surface area (Å²) in [5, 5.41) is 0. The Hall–Kier alpha value is -7.54. The van der Waals surface area contributed by atoms with Crippen molar-refractivity contribution >= 4 is 113 Å². The molecule has 43 heteroatoms. The molecule has 5 rings (SSSR count). The smallest absolute Gasteiger partial charge is 0.368 e. The fourth-order valence-corrected chi connectivity index (χ4v) is 4.96. The van der Waals surface area contributed by atoms with Crippen LogP contribution in [0, 0.1) is 0 Å². The van der Waals surface area contributed by atoms with Gasteiger partial charge in [0.1, 0.15) is 0 Å². The van der Waals surface area contributed by atoms with Crippen LogP contribution in [0.1, 0.15) is 0 Å². The first kappa shape index (κ1) is 50.5. The van der Waals surface area contributed by atoms with Gasteiger partial charge >= 0.3 is 23.5 Å². The minimum Gasteiger partial charge on any atom is -0.368 e. The Balaban J connectivity index is 0.000000675. The molecule has 0 unspecified atom stereocenters. The van der Waals surface area contributed by atoms with Gasteiger partial charge in [-0.3, -0.25) is 0 Å². The van der Waals surface area contributed by atoms with Crippen LogP contribution in [-0.4, -0.2) is 99.2 Å². The molecule has 0 amide bonds. The zero-order valence-corrected chi connectivity index (χ0v) is 31.2. The van der Waals surface area contributed by atoms with Crippen LogP contribution in [-0.2, 0) is 22.3 Å². The molecule has 40 nitrogen and oxygen atoms in total. The number of nitrogens with zero attached hydrogens (tertiary/aromatic N) is 15. The second-order valence-electron chi connectivity index (χ2n) is 8.66. The molecule has 0 atom stereocenters. The molecular formula is C15H35N30O10P3. The first-order valence-corrected chi connectivity index (χ1v) is 17.9. The first-order chi connectivity index (χ1) is 26.3. The molecule has 0 aliphatic rings. The maximum Gasteiger partial charge on any atom is 0.490 e. The monoisotopic (exact) mass is 888 g/mol. The van der Waals surface area contributed by atoms with Crippen LogP contribution >= 0.6 is 23.5 Å². The number of anilines is 15. The Morgan fingerprint density at radius 3 is 0.414 bits per heavy atom. The van der Waals surface area contributed by atoms with Crippen LogP contribution in [0.25, 0.3) is 0 Å². The van der Waals surface area contributed by atoms with E-state index in [1.807, 2.05) is 0 Å². The lowest BCUT2D eigenvalue weighted by molar-refractivity contribution is 0.204. The highest BCUT2D eigenvalue weighted by atomic mass is 31.3. The topological polar surface area (TPSA) is 754 Å². The standard InChI is InChI=1S/5C3H6N6.H5O10P3/c5*4-1-7-2(5)9-3(6)8-1;1-11(2,3)9-13(7,8)10-12(4,5)6/h5*(H6,4,5,6,7,8,9);(H,7,8)(H2,1,2,3)(H2,4,5,6). The third kappa shape index (κ3) is 26.3. The first-order valence-electron chi connectivity index (χ1n) is 13.3. The molecule has 35 N–H and O–H groups in total. The van der Waals surface area contributed by atoms with E-state index < -0.39 is 23.5 Å². The minimum absolute atomic E-state index is 0.0417. The van der Waals surface area contributed by atoms with Gasteiger partial charge in [-0.05, 0) is 0 Å². The van der Waals surface area contributed by atoms with Crippen molar-refractivity contribution in [2.75, 3.05) is 86.0 Å². The van der Waals surface area contributed by atoms with Crippen molar-refractivity contribution in [3.05, 3.63) is 0 Å². The predicted octanol–water partition coefficient (Wildman–Crippen LogP) is -7.60. The number of hydrogen-bond acceptors (Lipinski definition) is 35. The van der Waals surface area contributed by atoms with Gasteiger partial charge in [0, 0.05) is 0 Å². The van der Waals surface area contributed by atoms with Crippen LogP contribution in [0.4, 0.5) is 89.2 Å². The highest BCUT2D eigenvalue weighted by molar-refractivity contribution is 7.66. The molecule has 5 aromatic heterocycles. The lowest BCUT2D eigenvalue weighted by Crippen LogP contribution is -2.05. The molecule has 0 radical (unpaired) electrons. The van der Waals surface area contributed by atoms with E-state index in [9.17, 15) is 13.7 Å². The van der Waals surface area contributed by atoms with E-state index in [0.717, 1.165) is 0 Å². The zero-order chi connectivity index (χ0) is 45.2. The van der Waals surface area contributed by atoms with Crippen molar-refractivity contribution in [2.24, 2.45) is 0 Å². The average Bonchev–Trinajstić information content (AvgIpc) is 2.92.